The van der Waals surface area contributed by atoms with Crippen molar-refractivity contribution >= 4 is 23.5 Å². The second-order valence-corrected chi connectivity index (χ2v) is 4.66. The highest BCUT2D eigenvalue weighted by molar-refractivity contribution is 7.96. The number of carbonyl (C=O) groups is 2. The molecular formula is C16H14O3S. The Morgan fingerprint density at radius 3 is 1.90 bits per heavy atom. The quantitative estimate of drug-likeness (QED) is 0.522. The van der Waals surface area contributed by atoms with Gasteiger partial charge in [0.05, 0.1) is 0 Å². The summed E-state index contributed by atoms with van der Waals surface area (Å²) < 4.78 is 5.33. The van der Waals surface area contributed by atoms with Gasteiger partial charge >= 0.3 is 0 Å². The van der Waals surface area contributed by atoms with E-state index in [0.29, 0.717) is 11.1 Å². The number of ether oxygens (including phenoxy) is 1. The van der Waals surface area contributed by atoms with Gasteiger partial charge in [0.25, 0.3) is 0 Å². The fourth-order valence-corrected chi connectivity index (χ4v) is 2.44. The molecule has 0 aliphatic rings. The lowest BCUT2D eigenvalue weighted by Gasteiger charge is -2.28. The summed E-state index contributed by atoms with van der Waals surface area (Å²) >= 11 is 3.88. The zero-order valence-electron chi connectivity index (χ0n) is 10.9. The molecule has 2 aromatic rings. The average molecular weight is 286 g/mol. The third-order valence-corrected chi connectivity index (χ3v) is 3.46. The normalized spacial score (nSPS) is 13.5. The van der Waals surface area contributed by atoms with Crippen LogP contribution in [0.3, 0.4) is 0 Å². The first kappa shape index (κ1) is 14.5. The van der Waals surface area contributed by atoms with Gasteiger partial charge in [-0.3, -0.25) is 9.59 Å². The second kappa shape index (κ2) is 6.03. The summed E-state index contributed by atoms with van der Waals surface area (Å²) in [5.41, 5.74) is -0.844. The summed E-state index contributed by atoms with van der Waals surface area (Å²) in [6, 6.07) is 17.2. The maximum atomic E-state index is 12.7. The maximum absolute atomic E-state index is 12.7. The standard InChI is InChI=1S/C16H14O3S/c1-19-16(15(18)20,13-10-6-3-7-11-13)14(17)12-8-4-2-5-9-12/h2-11H,1H3,(H,18,20). The molecule has 4 heteroatoms. The van der Waals surface area contributed by atoms with Crippen molar-refractivity contribution in [2.75, 3.05) is 7.11 Å². The van der Waals surface area contributed by atoms with E-state index in [-0.39, 0.29) is 0 Å². The topological polar surface area (TPSA) is 43.4 Å². The van der Waals surface area contributed by atoms with E-state index in [1.165, 1.54) is 7.11 Å². The average Bonchev–Trinajstić information content (AvgIpc) is 2.50. The van der Waals surface area contributed by atoms with E-state index in [4.69, 9.17) is 4.74 Å². The fourth-order valence-electron chi connectivity index (χ4n) is 2.12. The molecular weight excluding hydrogens is 272 g/mol. The van der Waals surface area contributed by atoms with Gasteiger partial charge in [-0.1, -0.05) is 60.7 Å². The number of rotatable bonds is 5. The van der Waals surface area contributed by atoms with Crippen LogP contribution in [0.2, 0.25) is 0 Å². The summed E-state index contributed by atoms with van der Waals surface area (Å²) in [6.07, 6.45) is 0. The minimum Gasteiger partial charge on any atom is -0.357 e. The van der Waals surface area contributed by atoms with Crippen molar-refractivity contribution < 1.29 is 14.3 Å². The predicted octanol–water partition coefficient (Wildman–Crippen LogP) is 2.87. The molecule has 1 unspecified atom stereocenters. The first-order chi connectivity index (χ1) is 9.63. The Labute approximate surface area is 123 Å². The number of thiol groups is 1. The lowest BCUT2D eigenvalue weighted by Crippen LogP contribution is -2.43. The Hall–Kier alpha value is -1.91. The van der Waals surface area contributed by atoms with Gasteiger partial charge in [0.2, 0.25) is 16.5 Å². The van der Waals surface area contributed by atoms with Crippen LogP contribution in [-0.2, 0) is 15.1 Å². The highest BCUT2D eigenvalue weighted by Gasteiger charge is 2.46. The highest BCUT2D eigenvalue weighted by atomic mass is 32.1. The molecule has 2 rings (SSSR count). The zero-order chi connectivity index (χ0) is 14.6. The van der Waals surface area contributed by atoms with Crippen molar-refractivity contribution in [3.8, 4) is 0 Å². The number of hydrogen-bond acceptors (Lipinski definition) is 3. The third kappa shape index (κ3) is 2.40. The molecule has 1 atom stereocenters. The first-order valence-corrected chi connectivity index (χ1v) is 6.51. The van der Waals surface area contributed by atoms with Gasteiger partial charge in [-0.25, -0.2) is 0 Å². The molecule has 0 amide bonds. The number of ketones is 1. The first-order valence-electron chi connectivity index (χ1n) is 6.07. The molecule has 0 saturated heterocycles. The summed E-state index contributed by atoms with van der Waals surface area (Å²) in [5.74, 6) is -0.424. The van der Waals surface area contributed by atoms with Gasteiger partial charge in [0, 0.05) is 18.2 Å². The van der Waals surface area contributed by atoms with E-state index in [0.717, 1.165) is 0 Å². The Bertz CT molecular complexity index is 610. The summed E-state index contributed by atoms with van der Waals surface area (Å²) in [7, 11) is 1.34. The summed E-state index contributed by atoms with van der Waals surface area (Å²) in [6.45, 7) is 0. The lowest BCUT2D eigenvalue weighted by molar-refractivity contribution is -0.127. The van der Waals surface area contributed by atoms with Gasteiger partial charge in [0.15, 0.2) is 0 Å². The lowest BCUT2D eigenvalue weighted by atomic mass is 9.86. The molecule has 102 valence electrons. The van der Waals surface area contributed by atoms with Crippen molar-refractivity contribution in [2.24, 2.45) is 0 Å². The zero-order valence-corrected chi connectivity index (χ0v) is 11.8. The Balaban J connectivity index is 2.59. The van der Waals surface area contributed by atoms with Gasteiger partial charge in [-0.15, -0.1) is 12.6 Å². The van der Waals surface area contributed by atoms with Crippen LogP contribution in [0.15, 0.2) is 60.7 Å². The largest absolute Gasteiger partial charge is 0.357 e. The number of benzene rings is 2. The van der Waals surface area contributed by atoms with E-state index in [1.54, 1.807) is 60.7 Å². The monoisotopic (exact) mass is 286 g/mol. The SMILES string of the molecule is COC(C(=O)S)(C(=O)c1ccccc1)c1ccccc1. The van der Waals surface area contributed by atoms with E-state index in [2.05, 4.69) is 12.6 Å². The summed E-state index contributed by atoms with van der Waals surface area (Å²) in [4.78, 5) is 24.8. The number of carbonyl (C=O) groups excluding carboxylic acids is 2. The number of methoxy groups -OCH3 is 1. The van der Waals surface area contributed by atoms with E-state index >= 15 is 0 Å². The van der Waals surface area contributed by atoms with E-state index in [1.807, 2.05) is 0 Å². The summed E-state index contributed by atoms with van der Waals surface area (Å²) in [5, 5.41) is -0.639. The number of Topliss-reactive ketones (excluding diaryl/α,β-unsaturated/α-hetero) is 1. The maximum Gasteiger partial charge on any atom is 0.230 e. The van der Waals surface area contributed by atoms with Crippen molar-refractivity contribution in [1.29, 1.82) is 0 Å². The molecule has 2 aromatic carbocycles. The van der Waals surface area contributed by atoms with Crippen LogP contribution in [0.4, 0.5) is 0 Å². The van der Waals surface area contributed by atoms with Crippen LogP contribution in [0.1, 0.15) is 15.9 Å². The number of hydrogen-bond donors (Lipinski definition) is 1. The van der Waals surface area contributed by atoms with Gasteiger partial charge in [-0.2, -0.15) is 0 Å². The van der Waals surface area contributed by atoms with E-state index in [9.17, 15) is 9.59 Å². The van der Waals surface area contributed by atoms with Crippen LogP contribution < -0.4 is 0 Å². The molecule has 0 aliphatic heterocycles. The van der Waals surface area contributed by atoms with Gasteiger partial charge in [0.1, 0.15) is 0 Å². The smallest absolute Gasteiger partial charge is 0.230 e. The van der Waals surface area contributed by atoms with Crippen molar-refractivity contribution in [3.05, 3.63) is 71.8 Å². The Morgan fingerprint density at radius 1 is 0.950 bits per heavy atom. The van der Waals surface area contributed by atoms with Crippen LogP contribution in [0, 0.1) is 0 Å². The molecule has 0 aromatic heterocycles. The molecule has 3 nitrogen and oxygen atoms in total. The molecule has 0 saturated carbocycles. The van der Waals surface area contributed by atoms with Crippen LogP contribution in [0.5, 0.6) is 0 Å². The molecule has 20 heavy (non-hydrogen) atoms. The molecule has 0 aliphatic carbocycles. The van der Waals surface area contributed by atoms with Gasteiger partial charge in [-0.05, 0) is 0 Å². The molecule has 0 spiro atoms. The van der Waals surface area contributed by atoms with Crippen molar-refractivity contribution in [2.45, 2.75) is 5.60 Å². The van der Waals surface area contributed by atoms with Crippen LogP contribution in [-0.4, -0.2) is 18.0 Å². The van der Waals surface area contributed by atoms with Crippen LogP contribution in [0.25, 0.3) is 0 Å². The molecule has 0 radical (unpaired) electrons. The highest BCUT2D eigenvalue weighted by Crippen LogP contribution is 2.31. The molecule has 0 fully saturated rings. The Kier molecular flexibility index (Phi) is 4.37. The second-order valence-electron chi connectivity index (χ2n) is 4.25. The Morgan fingerprint density at radius 2 is 1.45 bits per heavy atom. The molecule has 0 N–H and O–H groups in total. The van der Waals surface area contributed by atoms with Crippen LogP contribution >= 0.6 is 12.6 Å². The van der Waals surface area contributed by atoms with Crippen molar-refractivity contribution in [1.82, 2.24) is 0 Å². The third-order valence-electron chi connectivity index (χ3n) is 3.14. The predicted molar refractivity (Wildman–Crippen MR) is 79.9 cm³/mol. The van der Waals surface area contributed by atoms with E-state index < -0.39 is 16.5 Å². The minimum atomic E-state index is -1.72. The molecule has 0 bridgehead atoms. The molecule has 0 heterocycles. The fraction of sp³-hybridized carbons (Fsp3) is 0.125. The minimum absolute atomic E-state index is 0.403. The van der Waals surface area contributed by atoms with Crippen molar-refractivity contribution in [3.63, 3.8) is 0 Å². The van der Waals surface area contributed by atoms with Gasteiger partial charge < -0.3 is 4.74 Å².